The molecule has 2 rings (SSSR count). The molecule has 1 N–H and O–H groups in total. The Morgan fingerprint density at radius 3 is 2.08 bits per heavy atom. The minimum Gasteiger partial charge on any atom is -0.481 e. The lowest BCUT2D eigenvalue weighted by Crippen LogP contribution is -2.17. The summed E-state index contributed by atoms with van der Waals surface area (Å²) in [4.78, 5) is 24.4. The highest BCUT2D eigenvalue weighted by Crippen LogP contribution is 2.34. The normalized spacial score (nSPS) is 11.8. The molecule has 2 heterocycles. The quantitative estimate of drug-likeness (QED) is 0.876. The fourth-order valence-corrected chi connectivity index (χ4v) is 3.52. The number of aliphatic carboxylic acids is 1. The van der Waals surface area contributed by atoms with Crippen molar-refractivity contribution in [2.45, 2.75) is 46.5 Å². The van der Waals surface area contributed by atoms with Crippen LogP contribution in [0.15, 0.2) is 12.1 Å². The SMILES string of the molecule is Cc1c(C(C)(C)C)c(CC(=O)O)n(C)c1C(=O)c1ccc(C)n1C. The number of carboxylic acid groups (broad SMARTS) is 1. The fourth-order valence-electron chi connectivity index (χ4n) is 3.52. The van der Waals surface area contributed by atoms with E-state index in [1.54, 1.807) is 11.6 Å². The third-order valence-corrected chi connectivity index (χ3v) is 4.65. The van der Waals surface area contributed by atoms with Gasteiger partial charge in [0.1, 0.15) is 0 Å². The van der Waals surface area contributed by atoms with Crippen LogP contribution in [0.25, 0.3) is 0 Å². The molecule has 0 saturated carbocycles. The van der Waals surface area contributed by atoms with Crippen LogP contribution in [0.2, 0.25) is 0 Å². The van der Waals surface area contributed by atoms with Gasteiger partial charge in [-0.2, -0.15) is 0 Å². The smallest absolute Gasteiger partial charge is 0.309 e. The van der Waals surface area contributed by atoms with Crippen LogP contribution in [-0.2, 0) is 30.7 Å². The van der Waals surface area contributed by atoms with Crippen LogP contribution < -0.4 is 0 Å². The maximum Gasteiger partial charge on any atom is 0.309 e. The predicted molar refractivity (Wildman–Crippen MR) is 93.8 cm³/mol. The number of ketones is 1. The maximum absolute atomic E-state index is 13.1. The van der Waals surface area contributed by atoms with E-state index in [1.165, 1.54) is 0 Å². The van der Waals surface area contributed by atoms with Crippen LogP contribution in [0.3, 0.4) is 0 Å². The fraction of sp³-hybridized carbons (Fsp3) is 0.474. The molecule has 5 heteroatoms. The van der Waals surface area contributed by atoms with Gasteiger partial charge in [0.2, 0.25) is 5.78 Å². The highest BCUT2D eigenvalue weighted by Gasteiger charge is 2.31. The Hall–Kier alpha value is -2.30. The summed E-state index contributed by atoms with van der Waals surface area (Å²) < 4.78 is 3.62. The van der Waals surface area contributed by atoms with Gasteiger partial charge in [-0.15, -0.1) is 0 Å². The van der Waals surface area contributed by atoms with E-state index in [1.807, 2.05) is 58.4 Å². The van der Waals surface area contributed by atoms with Gasteiger partial charge < -0.3 is 14.2 Å². The van der Waals surface area contributed by atoms with Crippen LogP contribution in [0.5, 0.6) is 0 Å². The van der Waals surface area contributed by atoms with Gasteiger partial charge in [-0.05, 0) is 42.5 Å². The van der Waals surface area contributed by atoms with Crippen molar-refractivity contribution in [3.05, 3.63) is 46.0 Å². The highest BCUT2D eigenvalue weighted by atomic mass is 16.4. The summed E-state index contributed by atoms with van der Waals surface area (Å²) in [5.41, 5.74) is 4.45. The summed E-state index contributed by atoms with van der Waals surface area (Å²) in [6.07, 6.45) is -0.0939. The van der Waals surface area contributed by atoms with Gasteiger partial charge >= 0.3 is 5.97 Å². The minimum atomic E-state index is -0.894. The Labute approximate surface area is 142 Å². The minimum absolute atomic E-state index is 0.0762. The molecule has 2 aromatic rings. The zero-order chi connectivity index (χ0) is 18.4. The van der Waals surface area contributed by atoms with E-state index in [4.69, 9.17) is 0 Å². The lowest BCUT2D eigenvalue weighted by molar-refractivity contribution is -0.136. The average Bonchev–Trinajstić information content (AvgIpc) is 2.87. The molecule has 0 fully saturated rings. The van der Waals surface area contributed by atoms with Crippen molar-refractivity contribution in [1.29, 1.82) is 0 Å². The van der Waals surface area contributed by atoms with E-state index in [-0.39, 0.29) is 17.6 Å². The molecular formula is C19H26N2O3. The van der Waals surface area contributed by atoms with Crippen LogP contribution in [-0.4, -0.2) is 26.0 Å². The first-order valence-electron chi connectivity index (χ1n) is 8.04. The second-order valence-electron chi connectivity index (χ2n) is 7.42. The molecule has 0 bridgehead atoms. The Morgan fingerprint density at radius 2 is 1.67 bits per heavy atom. The number of carbonyl (C=O) groups is 2. The van der Waals surface area contributed by atoms with Crippen molar-refractivity contribution in [3.8, 4) is 0 Å². The second-order valence-corrected chi connectivity index (χ2v) is 7.42. The van der Waals surface area contributed by atoms with E-state index >= 15 is 0 Å². The Bertz CT molecular complexity index is 817. The van der Waals surface area contributed by atoms with Crippen LogP contribution >= 0.6 is 0 Å². The lowest BCUT2D eigenvalue weighted by Gasteiger charge is -2.21. The van der Waals surface area contributed by atoms with Gasteiger partial charge in [-0.25, -0.2) is 0 Å². The molecule has 0 aliphatic heterocycles. The number of aryl methyl sites for hydroxylation is 1. The first-order valence-corrected chi connectivity index (χ1v) is 8.04. The molecule has 2 aromatic heterocycles. The molecular weight excluding hydrogens is 304 g/mol. The van der Waals surface area contributed by atoms with Crippen LogP contribution in [0.4, 0.5) is 0 Å². The summed E-state index contributed by atoms with van der Waals surface area (Å²) >= 11 is 0. The van der Waals surface area contributed by atoms with Crippen molar-refractivity contribution >= 4 is 11.8 Å². The lowest BCUT2D eigenvalue weighted by atomic mass is 9.83. The van der Waals surface area contributed by atoms with Crippen molar-refractivity contribution in [2.24, 2.45) is 14.1 Å². The number of hydrogen-bond acceptors (Lipinski definition) is 2. The van der Waals surface area contributed by atoms with Gasteiger partial charge in [0.05, 0.1) is 17.8 Å². The second kappa shape index (κ2) is 5.96. The third kappa shape index (κ3) is 2.90. The van der Waals surface area contributed by atoms with Crippen molar-refractivity contribution in [2.75, 3.05) is 0 Å². The zero-order valence-corrected chi connectivity index (χ0v) is 15.5. The maximum atomic E-state index is 13.1. The van der Waals surface area contributed by atoms with Gasteiger partial charge in [0, 0.05) is 25.5 Å². The number of hydrogen-bond donors (Lipinski definition) is 1. The van der Waals surface area contributed by atoms with Crippen molar-refractivity contribution < 1.29 is 14.7 Å². The molecule has 0 atom stereocenters. The van der Waals surface area contributed by atoms with Gasteiger partial charge in [0.25, 0.3) is 0 Å². The molecule has 130 valence electrons. The monoisotopic (exact) mass is 330 g/mol. The molecule has 24 heavy (non-hydrogen) atoms. The molecule has 0 aromatic carbocycles. The van der Waals surface area contributed by atoms with E-state index in [0.717, 1.165) is 16.8 Å². The molecule has 5 nitrogen and oxygen atoms in total. The standard InChI is InChI=1S/C19H26N2O3/c1-11-8-9-13(20(11)6)18(24)17-12(2)16(19(3,4)5)14(21(17)7)10-15(22)23/h8-9H,10H2,1-7H3,(H,22,23). The Morgan fingerprint density at radius 1 is 1.08 bits per heavy atom. The molecule has 0 amide bonds. The predicted octanol–water partition coefficient (Wildman–Crippen LogP) is 3.14. The number of carbonyl (C=O) groups excluding carboxylic acids is 1. The summed E-state index contributed by atoms with van der Waals surface area (Å²) in [5, 5.41) is 9.28. The summed E-state index contributed by atoms with van der Waals surface area (Å²) in [6, 6.07) is 3.73. The van der Waals surface area contributed by atoms with Crippen LogP contribution in [0.1, 0.15) is 59.5 Å². The third-order valence-electron chi connectivity index (χ3n) is 4.65. The average molecular weight is 330 g/mol. The Kier molecular flexibility index (Phi) is 4.48. The zero-order valence-electron chi connectivity index (χ0n) is 15.5. The van der Waals surface area contributed by atoms with Crippen molar-refractivity contribution in [3.63, 3.8) is 0 Å². The molecule has 0 unspecified atom stereocenters. The number of carboxylic acids is 1. The van der Waals surface area contributed by atoms with Gasteiger partial charge in [-0.3, -0.25) is 9.59 Å². The Balaban J connectivity index is 2.71. The number of nitrogens with zero attached hydrogens (tertiary/aromatic N) is 2. The molecule has 0 aliphatic carbocycles. The van der Waals surface area contributed by atoms with Gasteiger partial charge in [-0.1, -0.05) is 20.8 Å². The van der Waals surface area contributed by atoms with Crippen LogP contribution in [0, 0.1) is 13.8 Å². The van der Waals surface area contributed by atoms with E-state index in [0.29, 0.717) is 17.1 Å². The molecule has 0 saturated heterocycles. The topological polar surface area (TPSA) is 64.2 Å². The molecule has 0 radical (unpaired) electrons. The van der Waals surface area contributed by atoms with E-state index in [9.17, 15) is 14.7 Å². The first kappa shape index (κ1) is 18.0. The van der Waals surface area contributed by atoms with E-state index < -0.39 is 5.97 Å². The van der Waals surface area contributed by atoms with Gasteiger partial charge in [0.15, 0.2) is 0 Å². The summed E-state index contributed by atoms with van der Waals surface area (Å²) in [5.74, 6) is -0.970. The highest BCUT2D eigenvalue weighted by molar-refractivity contribution is 6.08. The molecule has 0 spiro atoms. The van der Waals surface area contributed by atoms with E-state index in [2.05, 4.69) is 0 Å². The molecule has 0 aliphatic rings. The first-order chi connectivity index (χ1) is 11.0. The largest absolute Gasteiger partial charge is 0.481 e. The number of rotatable bonds is 4. The number of aromatic nitrogens is 2. The van der Waals surface area contributed by atoms with Crippen molar-refractivity contribution in [1.82, 2.24) is 9.13 Å². The summed E-state index contributed by atoms with van der Waals surface area (Å²) in [6.45, 7) is 9.99. The summed E-state index contributed by atoms with van der Waals surface area (Å²) in [7, 11) is 3.65.